The molecule has 0 saturated heterocycles. The quantitative estimate of drug-likeness (QED) is 0.0222. The highest BCUT2D eigenvalue weighted by atomic mass is 31.2. The summed E-state index contributed by atoms with van der Waals surface area (Å²) in [6, 6.07) is 0. The molecule has 0 aromatic carbocycles. The maximum atomic E-state index is 13.2. The second kappa shape index (κ2) is 80.8. The number of phosphoric acid groups is 2. The number of rotatable bonds is 89. The first-order valence-electron chi connectivity index (χ1n) is 46.9. The van der Waals surface area contributed by atoms with Crippen LogP contribution >= 0.6 is 15.6 Å². The maximum absolute atomic E-state index is 13.2. The van der Waals surface area contributed by atoms with Gasteiger partial charge in [0.05, 0.1) is 26.4 Å². The highest BCUT2D eigenvalue weighted by Crippen LogP contribution is 2.45. The van der Waals surface area contributed by atoms with Crippen molar-refractivity contribution < 1.29 is 80.2 Å². The van der Waals surface area contributed by atoms with E-state index < -0.39 is 97.5 Å². The number of hydrogen-bond acceptors (Lipinski definition) is 15. The van der Waals surface area contributed by atoms with Gasteiger partial charge in [0, 0.05) is 25.7 Å². The summed E-state index contributed by atoms with van der Waals surface area (Å²) in [5, 5.41) is 10.7. The van der Waals surface area contributed by atoms with Crippen LogP contribution in [0.2, 0.25) is 0 Å². The van der Waals surface area contributed by atoms with Gasteiger partial charge in [0.25, 0.3) is 0 Å². The Balaban J connectivity index is 5.23. The number of ether oxygens (including phenoxy) is 4. The number of aliphatic hydroxyl groups excluding tert-OH is 1. The second-order valence-electron chi connectivity index (χ2n) is 33.7. The molecule has 17 nitrogen and oxygen atoms in total. The van der Waals surface area contributed by atoms with E-state index in [-0.39, 0.29) is 25.7 Å². The number of carbonyl (C=O) groups excluding carboxylic acids is 4. The Morgan fingerprint density at radius 3 is 0.691 bits per heavy atom. The van der Waals surface area contributed by atoms with Gasteiger partial charge in [-0.25, -0.2) is 9.13 Å². The van der Waals surface area contributed by atoms with Crippen molar-refractivity contribution >= 4 is 39.5 Å². The van der Waals surface area contributed by atoms with Crippen LogP contribution in [-0.4, -0.2) is 96.7 Å². The van der Waals surface area contributed by atoms with Gasteiger partial charge in [0.2, 0.25) is 0 Å². The fourth-order valence-corrected chi connectivity index (χ4v) is 15.8. The summed E-state index contributed by atoms with van der Waals surface area (Å²) in [6.07, 6.45) is 73.7. The molecule has 0 aliphatic rings. The summed E-state index contributed by atoms with van der Waals surface area (Å²) in [5.41, 5.74) is 0. The van der Waals surface area contributed by atoms with E-state index in [4.69, 9.17) is 37.0 Å². The van der Waals surface area contributed by atoms with Gasteiger partial charge in [-0.05, 0) is 43.4 Å². The fourth-order valence-electron chi connectivity index (χ4n) is 14.2. The normalized spacial score (nSPS) is 14.3. The van der Waals surface area contributed by atoms with Gasteiger partial charge in [-0.2, -0.15) is 0 Å². The van der Waals surface area contributed by atoms with E-state index in [1.807, 2.05) is 0 Å². The van der Waals surface area contributed by atoms with Gasteiger partial charge in [-0.15, -0.1) is 0 Å². The molecule has 0 rings (SSSR count). The van der Waals surface area contributed by atoms with Crippen molar-refractivity contribution in [2.45, 2.75) is 503 Å². The predicted molar refractivity (Wildman–Crippen MR) is 455 cm³/mol. The van der Waals surface area contributed by atoms with Crippen LogP contribution in [0.4, 0.5) is 0 Å². The van der Waals surface area contributed by atoms with Gasteiger partial charge < -0.3 is 33.8 Å². The van der Waals surface area contributed by atoms with Crippen molar-refractivity contribution in [1.82, 2.24) is 0 Å². The molecule has 0 aliphatic heterocycles. The van der Waals surface area contributed by atoms with Crippen LogP contribution in [0.5, 0.6) is 0 Å². The van der Waals surface area contributed by atoms with Crippen molar-refractivity contribution in [3.8, 4) is 0 Å². The van der Waals surface area contributed by atoms with E-state index >= 15 is 0 Å². The Hall–Kier alpha value is -1.94. The summed E-state index contributed by atoms with van der Waals surface area (Å²) >= 11 is 0. The van der Waals surface area contributed by atoms with Gasteiger partial charge in [-0.1, -0.05) is 434 Å². The molecule has 0 aliphatic carbocycles. The number of carbonyl (C=O) groups is 4. The summed E-state index contributed by atoms with van der Waals surface area (Å²) in [6.45, 7) is 12.1. The minimum absolute atomic E-state index is 0.106. The number of unbranched alkanes of at least 4 members (excludes halogenated alkanes) is 55. The van der Waals surface area contributed by atoms with Crippen molar-refractivity contribution in [3.05, 3.63) is 0 Å². The van der Waals surface area contributed by atoms with Crippen LogP contribution in [0.15, 0.2) is 0 Å². The van der Waals surface area contributed by atoms with E-state index in [0.717, 1.165) is 108 Å². The molecule has 19 heteroatoms. The van der Waals surface area contributed by atoms with E-state index in [2.05, 4.69) is 48.5 Å². The lowest BCUT2D eigenvalue weighted by Gasteiger charge is -2.21. The largest absolute Gasteiger partial charge is 0.472 e. The molecule has 7 atom stereocenters. The summed E-state index contributed by atoms with van der Waals surface area (Å²) < 4.78 is 69.0. The zero-order chi connectivity index (χ0) is 80.8. The number of hydrogen-bond donors (Lipinski definition) is 3. The predicted octanol–water partition coefficient (Wildman–Crippen LogP) is 28.0. The first kappa shape index (κ1) is 108. The van der Waals surface area contributed by atoms with Gasteiger partial charge >= 0.3 is 39.5 Å². The SMILES string of the molecule is CCCCCCCCCCCCCCCCCCCCCCCCC(=O)OC[C@H](COP(=O)(O)OC[C@@H](O)COP(=O)(O)OC[C@@H](COC(=O)CCCCCCCCCCCC(C)C)OC(=O)CCCCCCCCCCCCC(C)CC)OC(=O)CCCCCCCCCCCCCCCCCCCCC(C)CC. The molecule has 0 saturated carbocycles. The van der Waals surface area contributed by atoms with Crippen LogP contribution in [0.25, 0.3) is 0 Å². The zero-order valence-electron chi connectivity index (χ0n) is 72.7. The molecule has 0 heterocycles. The average Bonchev–Trinajstić information content (AvgIpc) is 0.895. The Labute approximate surface area is 677 Å². The molecule has 0 bridgehead atoms. The smallest absolute Gasteiger partial charge is 0.462 e. The minimum atomic E-state index is -4.97. The Kier molecular flexibility index (Phi) is 79.4. The maximum Gasteiger partial charge on any atom is 0.472 e. The molecular formula is C91H178O17P2. The average molecular weight is 1610 g/mol. The van der Waals surface area contributed by atoms with E-state index in [1.165, 1.54) is 295 Å². The Bertz CT molecular complexity index is 2120. The second-order valence-corrected chi connectivity index (χ2v) is 36.6. The fraction of sp³-hybridized carbons (Fsp3) is 0.956. The molecule has 3 N–H and O–H groups in total. The van der Waals surface area contributed by atoms with Crippen LogP contribution in [0, 0.1) is 17.8 Å². The van der Waals surface area contributed by atoms with Crippen molar-refractivity contribution in [2.24, 2.45) is 17.8 Å². The number of esters is 4. The number of aliphatic hydroxyl groups is 1. The van der Waals surface area contributed by atoms with Crippen molar-refractivity contribution in [3.63, 3.8) is 0 Å². The molecule has 654 valence electrons. The Morgan fingerprint density at radius 2 is 0.464 bits per heavy atom. The van der Waals surface area contributed by atoms with E-state index in [1.54, 1.807) is 0 Å². The van der Waals surface area contributed by atoms with Crippen molar-refractivity contribution in [1.29, 1.82) is 0 Å². The van der Waals surface area contributed by atoms with Crippen LogP contribution in [0.1, 0.15) is 485 Å². The molecular weight excluding hydrogens is 1430 g/mol. The first-order chi connectivity index (χ1) is 53.3. The van der Waals surface area contributed by atoms with Crippen molar-refractivity contribution in [2.75, 3.05) is 39.6 Å². The van der Waals surface area contributed by atoms with Crippen LogP contribution < -0.4 is 0 Å². The van der Waals surface area contributed by atoms with Crippen LogP contribution in [0.3, 0.4) is 0 Å². The molecule has 0 aromatic rings. The van der Waals surface area contributed by atoms with Gasteiger partial charge in [-0.3, -0.25) is 37.3 Å². The molecule has 0 aromatic heterocycles. The lowest BCUT2D eigenvalue weighted by Crippen LogP contribution is -2.30. The lowest BCUT2D eigenvalue weighted by atomic mass is 9.99. The molecule has 0 radical (unpaired) electrons. The minimum Gasteiger partial charge on any atom is -0.462 e. The summed E-state index contributed by atoms with van der Waals surface area (Å²) in [5.74, 6) is 0.317. The Morgan fingerprint density at radius 1 is 0.264 bits per heavy atom. The molecule has 0 amide bonds. The van der Waals surface area contributed by atoms with E-state index in [9.17, 15) is 43.2 Å². The molecule has 4 unspecified atom stereocenters. The topological polar surface area (TPSA) is 237 Å². The van der Waals surface area contributed by atoms with Gasteiger partial charge in [0.1, 0.15) is 19.3 Å². The molecule has 0 fully saturated rings. The summed E-state index contributed by atoms with van der Waals surface area (Å²) in [4.78, 5) is 73.4. The molecule has 110 heavy (non-hydrogen) atoms. The third-order valence-electron chi connectivity index (χ3n) is 22.1. The molecule has 0 spiro atoms. The van der Waals surface area contributed by atoms with E-state index in [0.29, 0.717) is 25.7 Å². The van der Waals surface area contributed by atoms with Gasteiger partial charge in [0.15, 0.2) is 12.2 Å². The third kappa shape index (κ3) is 81.2. The highest BCUT2D eigenvalue weighted by molar-refractivity contribution is 7.47. The zero-order valence-corrected chi connectivity index (χ0v) is 74.5. The third-order valence-corrected chi connectivity index (χ3v) is 24.0. The lowest BCUT2D eigenvalue weighted by molar-refractivity contribution is -0.161. The standard InChI is InChI=1S/C91H178O17P2/c1-8-11-12-13-14-15-16-17-18-19-20-21-22-23-27-30-33-36-44-51-58-65-72-88(93)101-78-86(107-90(95)74-67-60-53-45-37-34-31-28-25-24-26-29-32-35-42-49-56-63-70-83(6)9-2)80-105-109(97,98)103-76-85(92)77-104-110(99,100)106-81-87(79-102-89(94)73-66-59-52-47-40-41-48-55-62-69-82(4)5)108-91(96)75-68-61-54-46-39-38-43-50-57-64-71-84(7)10-3/h82-87,92H,8-81H2,1-7H3,(H,97,98)(H,99,100)/t83?,84?,85-,86-,87-/m1/s1. The van der Waals surface area contributed by atoms with Crippen LogP contribution in [-0.2, 0) is 65.4 Å². The first-order valence-corrected chi connectivity index (χ1v) is 49.9. The summed E-state index contributed by atoms with van der Waals surface area (Å²) in [7, 11) is -9.94. The number of phosphoric ester groups is 2. The highest BCUT2D eigenvalue weighted by Gasteiger charge is 2.31. The monoisotopic (exact) mass is 1610 g/mol.